The van der Waals surface area contributed by atoms with Crippen LogP contribution in [-0.4, -0.2) is 35.0 Å². The molecule has 0 unspecified atom stereocenters. The molecule has 0 aliphatic rings. The lowest BCUT2D eigenvalue weighted by Gasteiger charge is -2.20. The standard InChI is InChI=1S/C35H54NO6P/c1-3-4-5-6-7-8-9-10-11-12-13-14-15-16-17-21-35(37)36-32(29-43(38,39)40)26-30-22-24-33(25-23-30)42-28-31-19-18-20-34(27-31)41-2/h10-11,18-20,22-25,27,32H,3-9,12-17,21,26,28-29H2,1-2H3,(H,36,37)(H2,38,39,40)/t32-/m0/s1. The van der Waals surface area contributed by atoms with Crippen LogP contribution < -0.4 is 14.8 Å². The number of rotatable bonds is 24. The highest BCUT2D eigenvalue weighted by molar-refractivity contribution is 7.51. The molecule has 7 nitrogen and oxygen atoms in total. The molecule has 0 spiro atoms. The van der Waals surface area contributed by atoms with E-state index in [4.69, 9.17) is 9.47 Å². The fourth-order valence-corrected chi connectivity index (χ4v) is 5.83. The van der Waals surface area contributed by atoms with Crippen LogP contribution >= 0.6 is 7.60 Å². The molecular weight excluding hydrogens is 561 g/mol. The van der Waals surface area contributed by atoms with Gasteiger partial charge in [-0.3, -0.25) is 9.36 Å². The largest absolute Gasteiger partial charge is 0.497 e. The maximum atomic E-state index is 12.6. The fourth-order valence-electron chi connectivity index (χ4n) is 5.04. The number of unbranched alkanes of at least 4 members (excludes halogenated alkanes) is 11. The SMILES string of the molecule is CCCCCCCCC=CCCCCCCCC(=O)N[C@@H](Cc1ccc(OCc2cccc(OC)c2)cc1)CP(=O)(O)O. The summed E-state index contributed by atoms with van der Waals surface area (Å²) in [7, 11) is -2.67. The molecule has 2 aromatic rings. The van der Waals surface area contributed by atoms with E-state index in [-0.39, 0.29) is 12.1 Å². The topological polar surface area (TPSA) is 105 Å². The lowest BCUT2D eigenvalue weighted by molar-refractivity contribution is -0.121. The van der Waals surface area contributed by atoms with Crippen LogP contribution in [0.2, 0.25) is 0 Å². The van der Waals surface area contributed by atoms with Gasteiger partial charge in [0.1, 0.15) is 18.1 Å². The van der Waals surface area contributed by atoms with E-state index in [0.29, 0.717) is 25.2 Å². The Balaban J connectivity index is 1.64. The van der Waals surface area contributed by atoms with Crippen molar-refractivity contribution in [3.8, 4) is 11.5 Å². The molecule has 43 heavy (non-hydrogen) atoms. The first-order valence-corrected chi connectivity index (χ1v) is 17.9. The molecule has 0 fully saturated rings. The van der Waals surface area contributed by atoms with Crippen molar-refractivity contribution in [2.24, 2.45) is 0 Å². The molecule has 0 saturated carbocycles. The van der Waals surface area contributed by atoms with Crippen LogP contribution in [0.25, 0.3) is 0 Å². The molecule has 2 rings (SSSR count). The zero-order chi connectivity index (χ0) is 31.2. The van der Waals surface area contributed by atoms with Gasteiger partial charge in [0.15, 0.2) is 0 Å². The van der Waals surface area contributed by atoms with Gasteiger partial charge in [-0.1, -0.05) is 94.7 Å². The van der Waals surface area contributed by atoms with Crippen molar-refractivity contribution in [1.82, 2.24) is 5.32 Å². The first-order chi connectivity index (χ1) is 20.8. The minimum atomic E-state index is -4.29. The molecule has 0 radical (unpaired) electrons. The third-order valence-electron chi connectivity index (χ3n) is 7.43. The molecule has 0 aromatic heterocycles. The predicted octanol–water partition coefficient (Wildman–Crippen LogP) is 8.52. The average Bonchev–Trinajstić information content (AvgIpc) is 2.98. The number of nitrogens with one attached hydrogen (secondary N) is 1. The summed E-state index contributed by atoms with van der Waals surface area (Å²) in [5.41, 5.74) is 1.85. The zero-order valence-electron chi connectivity index (χ0n) is 26.3. The minimum absolute atomic E-state index is 0.158. The van der Waals surface area contributed by atoms with Gasteiger partial charge in [-0.25, -0.2) is 0 Å². The number of amides is 1. The van der Waals surface area contributed by atoms with E-state index in [2.05, 4.69) is 24.4 Å². The molecule has 0 heterocycles. The van der Waals surface area contributed by atoms with E-state index in [9.17, 15) is 19.1 Å². The van der Waals surface area contributed by atoms with Gasteiger partial charge in [0.05, 0.1) is 13.3 Å². The second kappa shape index (κ2) is 22.0. The Bertz CT molecular complexity index is 1100. The summed E-state index contributed by atoms with van der Waals surface area (Å²) in [6.07, 6.45) is 20.5. The van der Waals surface area contributed by atoms with E-state index in [1.807, 2.05) is 48.5 Å². The average molecular weight is 616 g/mol. The summed E-state index contributed by atoms with van der Waals surface area (Å²) >= 11 is 0. The van der Waals surface area contributed by atoms with Gasteiger partial charge in [0.2, 0.25) is 5.91 Å². The van der Waals surface area contributed by atoms with Crippen LogP contribution in [-0.2, 0) is 22.4 Å². The first-order valence-electron chi connectivity index (χ1n) is 16.1. The molecule has 0 saturated heterocycles. The Labute approximate surface area is 259 Å². The number of carbonyl (C=O) groups excluding carboxylic acids is 1. The molecule has 240 valence electrons. The van der Waals surface area contributed by atoms with Crippen molar-refractivity contribution in [2.45, 2.75) is 116 Å². The van der Waals surface area contributed by atoms with Crippen LogP contribution in [0.3, 0.4) is 0 Å². The van der Waals surface area contributed by atoms with E-state index < -0.39 is 13.6 Å². The smallest absolute Gasteiger partial charge is 0.327 e. The highest BCUT2D eigenvalue weighted by Crippen LogP contribution is 2.35. The Morgan fingerprint density at radius 3 is 2.09 bits per heavy atom. The van der Waals surface area contributed by atoms with E-state index in [1.54, 1.807) is 7.11 Å². The number of ether oxygens (including phenoxy) is 2. The van der Waals surface area contributed by atoms with Gasteiger partial charge < -0.3 is 24.6 Å². The van der Waals surface area contributed by atoms with Crippen molar-refractivity contribution >= 4 is 13.5 Å². The Morgan fingerprint density at radius 1 is 0.837 bits per heavy atom. The van der Waals surface area contributed by atoms with Crippen LogP contribution in [0.5, 0.6) is 11.5 Å². The molecule has 0 aliphatic carbocycles. The molecule has 0 bridgehead atoms. The van der Waals surface area contributed by atoms with Crippen LogP contribution in [0.15, 0.2) is 60.7 Å². The van der Waals surface area contributed by atoms with Gasteiger partial charge in [-0.15, -0.1) is 0 Å². The summed E-state index contributed by atoms with van der Waals surface area (Å²) in [6.45, 7) is 2.64. The maximum absolute atomic E-state index is 12.6. The molecule has 2 aromatic carbocycles. The Hall–Kier alpha value is -2.60. The van der Waals surface area contributed by atoms with Crippen molar-refractivity contribution in [3.05, 3.63) is 71.8 Å². The van der Waals surface area contributed by atoms with Crippen molar-refractivity contribution < 1.29 is 28.6 Å². The highest BCUT2D eigenvalue weighted by atomic mass is 31.2. The number of allylic oxidation sites excluding steroid dienone is 2. The normalized spacial score (nSPS) is 12.4. The molecule has 1 amide bonds. The highest BCUT2D eigenvalue weighted by Gasteiger charge is 2.23. The molecular formula is C35H54NO6P. The van der Waals surface area contributed by atoms with E-state index in [1.165, 1.54) is 51.4 Å². The molecule has 1 atom stereocenters. The summed E-state index contributed by atoms with van der Waals surface area (Å²) in [6, 6.07) is 14.4. The van der Waals surface area contributed by atoms with Gasteiger partial charge >= 0.3 is 7.60 Å². The summed E-state index contributed by atoms with van der Waals surface area (Å²) < 4.78 is 22.9. The van der Waals surface area contributed by atoms with Crippen LogP contribution in [0.4, 0.5) is 0 Å². The van der Waals surface area contributed by atoms with Gasteiger partial charge in [-0.2, -0.15) is 0 Å². The second-order valence-electron chi connectivity index (χ2n) is 11.4. The monoisotopic (exact) mass is 615 g/mol. The zero-order valence-corrected chi connectivity index (χ0v) is 27.2. The van der Waals surface area contributed by atoms with Gasteiger partial charge in [-0.05, 0) is 73.9 Å². The summed E-state index contributed by atoms with van der Waals surface area (Å²) in [5, 5.41) is 2.86. The fraction of sp³-hybridized carbons (Fsp3) is 0.571. The third-order valence-corrected chi connectivity index (χ3v) is 8.35. The van der Waals surface area contributed by atoms with Gasteiger partial charge in [0.25, 0.3) is 0 Å². The Kier molecular flexibility index (Phi) is 18.7. The first kappa shape index (κ1) is 36.6. The lowest BCUT2D eigenvalue weighted by atomic mass is 10.1. The third kappa shape index (κ3) is 18.6. The predicted molar refractivity (Wildman–Crippen MR) is 176 cm³/mol. The number of benzene rings is 2. The molecule has 8 heteroatoms. The number of hydrogen-bond acceptors (Lipinski definition) is 4. The van der Waals surface area contributed by atoms with E-state index >= 15 is 0 Å². The van der Waals surface area contributed by atoms with Crippen LogP contribution in [0.1, 0.15) is 108 Å². The van der Waals surface area contributed by atoms with Gasteiger partial charge in [0, 0.05) is 12.5 Å². The second-order valence-corrected chi connectivity index (χ2v) is 13.1. The summed E-state index contributed by atoms with van der Waals surface area (Å²) in [5.74, 6) is 1.30. The van der Waals surface area contributed by atoms with Crippen LogP contribution in [0, 0.1) is 0 Å². The number of methoxy groups -OCH3 is 1. The van der Waals surface area contributed by atoms with E-state index in [0.717, 1.165) is 49.0 Å². The minimum Gasteiger partial charge on any atom is -0.497 e. The number of hydrogen-bond donors (Lipinski definition) is 3. The maximum Gasteiger partial charge on any atom is 0.327 e. The molecule has 3 N–H and O–H groups in total. The van der Waals surface area contributed by atoms with Crippen molar-refractivity contribution in [3.63, 3.8) is 0 Å². The molecule has 0 aliphatic heterocycles. The number of carbonyl (C=O) groups is 1. The summed E-state index contributed by atoms with van der Waals surface area (Å²) in [4.78, 5) is 31.7. The van der Waals surface area contributed by atoms with Crippen molar-refractivity contribution in [1.29, 1.82) is 0 Å². The lowest BCUT2D eigenvalue weighted by Crippen LogP contribution is -2.39. The quantitative estimate of drug-likeness (QED) is 0.0621. The Morgan fingerprint density at radius 2 is 1.47 bits per heavy atom. The van der Waals surface area contributed by atoms with Crippen molar-refractivity contribution in [2.75, 3.05) is 13.3 Å².